The van der Waals surface area contributed by atoms with Crippen molar-refractivity contribution in [2.75, 3.05) is 13.2 Å². The Balaban J connectivity index is 1.60. The van der Waals surface area contributed by atoms with Crippen LogP contribution >= 0.6 is 11.3 Å². The molecule has 3 aromatic rings. The molecule has 1 N–H and O–H groups in total. The third-order valence-electron chi connectivity index (χ3n) is 5.42. The number of hydrogen-bond donors (Lipinski definition) is 1. The third kappa shape index (κ3) is 4.86. The van der Waals surface area contributed by atoms with Gasteiger partial charge in [-0.1, -0.05) is 18.2 Å². The SMILES string of the molecule is Cc1sc(=NC(=O)c2ccco2)n(Cc2ccccc2C(=O)NC[C@H]2CCCO2)c1C. The Morgan fingerprint density at radius 1 is 1.23 bits per heavy atom. The Labute approximate surface area is 184 Å². The maximum absolute atomic E-state index is 12.9. The number of aromatic nitrogens is 1. The van der Waals surface area contributed by atoms with Crippen molar-refractivity contribution in [2.24, 2.45) is 4.99 Å². The lowest BCUT2D eigenvalue weighted by Crippen LogP contribution is -2.32. The van der Waals surface area contributed by atoms with Gasteiger partial charge >= 0.3 is 5.91 Å². The maximum Gasteiger partial charge on any atom is 0.315 e. The number of carbonyl (C=O) groups excluding carboxylic acids is 2. The molecule has 0 spiro atoms. The summed E-state index contributed by atoms with van der Waals surface area (Å²) in [5, 5.41) is 2.99. The first-order chi connectivity index (χ1) is 15.0. The van der Waals surface area contributed by atoms with Gasteiger partial charge in [0.05, 0.1) is 18.9 Å². The molecule has 1 fully saturated rings. The van der Waals surface area contributed by atoms with Crippen LogP contribution in [0.5, 0.6) is 0 Å². The van der Waals surface area contributed by atoms with Gasteiger partial charge in [-0.05, 0) is 50.5 Å². The lowest BCUT2D eigenvalue weighted by Gasteiger charge is -2.14. The topological polar surface area (TPSA) is 85.8 Å². The molecular formula is C23H25N3O4S. The van der Waals surface area contributed by atoms with Crippen molar-refractivity contribution in [1.29, 1.82) is 0 Å². The van der Waals surface area contributed by atoms with Gasteiger partial charge in [-0.2, -0.15) is 4.99 Å². The van der Waals surface area contributed by atoms with Crippen molar-refractivity contribution >= 4 is 23.2 Å². The number of thiazole rings is 1. The minimum atomic E-state index is -0.428. The molecule has 1 atom stereocenters. The highest BCUT2D eigenvalue weighted by Crippen LogP contribution is 2.16. The number of furan rings is 1. The molecule has 1 aliphatic rings. The molecule has 7 nitrogen and oxygen atoms in total. The van der Waals surface area contributed by atoms with Gasteiger partial charge in [-0.15, -0.1) is 11.3 Å². The van der Waals surface area contributed by atoms with E-state index < -0.39 is 5.91 Å². The molecule has 1 saturated heterocycles. The fourth-order valence-electron chi connectivity index (χ4n) is 3.57. The Hall–Kier alpha value is -2.97. The summed E-state index contributed by atoms with van der Waals surface area (Å²) in [6.45, 7) is 5.68. The Kier molecular flexibility index (Phi) is 6.48. The summed E-state index contributed by atoms with van der Waals surface area (Å²) in [5.41, 5.74) is 2.48. The normalized spacial score (nSPS) is 16.6. The predicted molar refractivity (Wildman–Crippen MR) is 117 cm³/mol. The number of ether oxygens (including phenoxy) is 1. The molecule has 0 radical (unpaired) electrons. The summed E-state index contributed by atoms with van der Waals surface area (Å²) in [6.07, 6.45) is 3.55. The molecule has 0 bridgehead atoms. The first-order valence-corrected chi connectivity index (χ1v) is 11.1. The molecule has 4 rings (SSSR count). The lowest BCUT2D eigenvalue weighted by atomic mass is 10.1. The number of nitrogens with zero attached hydrogens (tertiary/aromatic N) is 2. The van der Waals surface area contributed by atoms with E-state index in [4.69, 9.17) is 9.15 Å². The van der Waals surface area contributed by atoms with E-state index in [2.05, 4.69) is 10.3 Å². The largest absolute Gasteiger partial charge is 0.459 e. The fourth-order valence-corrected chi connectivity index (χ4v) is 4.54. The number of rotatable bonds is 6. The summed E-state index contributed by atoms with van der Waals surface area (Å²) in [4.78, 5) is 31.2. The molecule has 31 heavy (non-hydrogen) atoms. The van der Waals surface area contributed by atoms with Crippen LogP contribution in [0, 0.1) is 13.8 Å². The zero-order chi connectivity index (χ0) is 21.8. The van der Waals surface area contributed by atoms with E-state index in [9.17, 15) is 9.59 Å². The summed E-state index contributed by atoms with van der Waals surface area (Å²) in [5.74, 6) is -0.354. The minimum Gasteiger partial charge on any atom is -0.459 e. The van der Waals surface area contributed by atoms with E-state index >= 15 is 0 Å². The summed E-state index contributed by atoms with van der Waals surface area (Å²) < 4.78 is 12.7. The third-order valence-corrected chi connectivity index (χ3v) is 6.52. The molecule has 0 unspecified atom stereocenters. The number of carbonyl (C=O) groups is 2. The van der Waals surface area contributed by atoms with Crippen LogP contribution in [-0.4, -0.2) is 35.6 Å². The lowest BCUT2D eigenvalue weighted by molar-refractivity contribution is 0.0856. The van der Waals surface area contributed by atoms with E-state index in [1.54, 1.807) is 12.1 Å². The average Bonchev–Trinajstić information content (AvgIpc) is 3.53. The molecule has 0 saturated carbocycles. The van der Waals surface area contributed by atoms with Gasteiger partial charge < -0.3 is 19.0 Å². The van der Waals surface area contributed by atoms with Gasteiger partial charge in [-0.25, -0.2) is 0 Å². The van der Waals surface area contributed by atoms with Crippen molar-refractivity contribution in [1.82, 2.24) is 9.88 Å². The highest BCUT2D eigenvalue weighted by Gasteiger charge is 2.19. The van der Waals surface area contributed by atoms with Gasteiger partial charge in [0.15, 0.2) is 10.6 Å². The Morgan fingerprint density at radius 2 is 2.06 bits per heavy atom. The first-order valence-electron chi connectivity index (χ1n) is 10.3. The molecular weight excluding hydrogens is 414 g/mol. The van der Waals surface area contributed by atoms with Crippen molar-refractivity contribution in [3.8, 4) is 0 Å². The second-order valence-corrected chi connectivity index (χ2v) is 8.69. The Morgan fingerprint density at radius 3 is 2.81 bits per heavy atom. The number of amides is 2. The smallest absolute Gasteiger partial charge is 0.315 e. The van der Waals surface area contributed by atoms with E-state index in [1.165, 1.54) is 17.6 Å². The van der Waals surface area contributed by atoms with Crippen LogP contribution in [0.3, 0.4) is 0 Å². The molecule has 1 aliphatic heterocycles. The molecule has 2 amide bonds. The predicted octanol–water partition coefficient (Wildman–Crippen LogP) is 3.46. The first kappa shape index (κ1) is 21.3. The van der Waals surface area contributed by atoms with Crippen molar-refractivity contribution < 1.29 is 18.7 Å². The number of hydrogen-bond acceptors (Lipinski definition) is 5. The summed E-state index contributed by atoms with van der Waals surface area (Å²) in [7, 11) is 0. The number of aryl methyl sites for hydroxylation is 1. The van der Waals surface area contributed by atoms with E-state index in [0.717, 1.165) is 35.6 Å². The van der Waals surface area contributed by atoms with E-state index in [0.29, 0.717) is 23.5 Å². The molecule has 8 heteroatoms. The monoisotopic (exact) mass is 439 g/mol. The summed E-state index contributed by atoms with van der Waals surface area (Å²) >= 11 is 1.44. The van der Waals surface area contributed by atoms with Crippen molar-refractivity contribution in [3.05, 3.63) is 74.9 Å². The van der Waals surface area contributed by atoms with Crippen molar-refractivity contribution in [2.45, 2.75) is 39.3 Å². The second-order valence-electron chi connectivity index (χ2n) is 7.51. The highest BCUT2D eigenvalue weighted by atomic mass is 32.1. The van der Waals surface area contributed by atoms with Crippen LogP contribution in [0.15, 0.2) is 52.1 Å². The van der Waals surface area contributed by atoms with Crippen LogP contribution in [0.1, 0.15) is 49.9 Å². The molecule has 0 aliphatic carbocycles. The van der Waals surface area contributed by atoms with Crippen molar-refractivity contribution in [3.63, 3.8) is 0 Å². The van der Waals surface area contributed by atoms with Crippen LogP contribution in [-0.2, 0) is 11.3 Å². The summed E-state index contributed by atoms with van der Waals surface area (Å²) in [6, 6.07) is 10.8. The molecule has 2 aromatic heterocycles. The van der Waals surface area contributed by atoms with Gasteiger partial charge in [0, 0.05) is 29.3 Å². The van der Waals surface area contributed by atoms with Crippen LogP contribution in [0.2, 0.25) is 0 Å². The van der Waals surface area contributed by atoms with E-state index in [-0.39, 0.29) is 17.8 Å². The number of nitrogens with one attached hydrogen (secondary N) is 1. The van der Waals surface area contributed by atoms with Crippen LogP contribution < -0.4 is 10.1 Å². The van der Waals surface area contributed by atoms with E-state index in [1.807, 2.05) is 42.7 Å². The average molecular weight is 440 g/mol. The fraction of sp³-hybridized carbons (Fsp3) is 0.348. The number of benzene rings is 1. The highest BCUT2D eigenvalue weighted by molar-refractivity contribution is 7.09. The molecule has 162 valence electrons. The minimum absolute atomic E-state index is 0.0882. The van der Waals surface area contributed by atoms with Gasteiger partial charge in [0.25, 0.3) is 5.91 Å². The maximum atomic E-state index is 12.9. The van der Waals surface area contributed by atoms with Crippen LogP contribution in [0.25, 0.3) is 0 Å². The quantitative estimate of drug-likeness (QED) is 0.637. The van der Waals surface area contributed by atoms with Gasteiger partial charge in [-0.3, -0.25) is 9.59 Å². The standard InChI is InChI=1S/C23H25N3O4S/c1-15-16(2)31-23(25-22(28)20-10-6-12-30-20)26(15)14-17-7-3-4-9-19(17)21(27)24-13-18-8-5-11-29-18/h3-4,6-7,9-10,12,18H,5,8,11,13-14H2,1-2H3,(H,24,27)/t18-/m1/s1. The van der Waals surface area contributed by atoms with Crippen LogP contribution in [0.4, 0.5) is 0 Å². The van der Waals surface area contributed by atoms with Gasteiger partial charge in [0.1, 0.15) is 0 Å². The molecule has 1 aromatic carbocycles. The zero-order valence-corrected chi connectivity index (χ0v) is 18.4. The zero-order valence-electron chi connectivity index (χ0n) is 17.6. The van der Waals surface area contributed by atoms with Gasteiger partial charge in [0.2, 0.25) is 0 Å². The Bertz CT molecular complexity index is 1140. The second kappa shape index (κ2) is 9.45. The molecule has 3 heterocycles.